The first-order valence-corrected chi connectivity index (χ1v) is 9.24. The fraction of sp³-hybridized carbons (Fsp3) is 0.611. The van der Waals surface area contributed by atoms with Crippen molar-refractivity contribution in [2.45, 2.75) is 43.4 Å². The summed E-state index contributed by atoms with van der Waals surface area (Å²) in [6, 6.07) is 3.03. The topological polar surface area (TPSA) is 97.6 Å². The van der Waals surface area contributed by atoms with Crippen LogP contribution in [0.5, 0.6) is 0 Å². The Morgan fingerprint density at radius 2 is 1.92 bits per heavy atom. The Hall–Kier alpha value is -2.02. The van der Waals surface area contributed by atoms with E-state index >= 15 is 0 Å². The van der Waals surface area contributed by atoms with Gasteiger partial charge in [0.05, 0.1) is 11.7 Å². The SMILES string of the molecule is O=C(COC(=O)C12C[C@@H]3C[C@@H](CC(Cl)(C3)C1)C2)NNC(=O)c1ccco1. The largest absolute Gasteiger partial charge is 0.459 e. The molecule has 1 heterocycles. The standard InChI is InChI=1S/C18H21ClN2O5/c19-18-7-11-4-12(8-18)6-17(5-11,10-18)16(24)26-9-14(22)20-21-15(23)13-2-1-3-25-13/h1-3,11-12H,4-10H2,(H,20,22)(H,21,23)/t11-,12+,17?,18?. The summed E-state index contributed by atoms with van der Waals surface area (Å²) in [5.41, 5.74) is 3.86. The molecule has 5 rings (SSSR count). The lowest BCUT2D eigenvalue weighted by molar-refractivity contribution is -0.171. The molecular formula is C18H21ClN2O5. The minimum absolute atomic E-state index is 0.0725. The molecule has 26 heavy (non-hydrogen) atoms. The minimum atomic E-state index is -0.608. The Labute approximate surface area is 155 Å². The molecule has 4 saturated carbocycles. The number of carbonyl (C=O) groups excluding carboxylic acids is 3. The van der Waals surface area contributed by atoms with Gasteiger partial charge in [0.1, 0.15) is 0 Å². The van der Waals surface area contributed by atoms with Crippen molar-refractivity contribution < 1.29 is 23.5 Å². The molecule has 7 nitrogen and oxygen atoms in total. The van der Waals surface area contributed by atoms with Gasteiger partial charge in [-0.1, -0.05) is 0 Å². The van der Waals surface area contributed by atoms with E-state index in [4.69, 9.17) is 20.8 Å². The fourth-order valence-electron chi connectivity index (χ4n) is 5.31. The summed E-state index contributed by atoms with van der Waals surface area (Å²) >= 11 is 6.72. The maximum Gasteiger partial charge on any atom is 0.312 e. The van der Waals surface area contributed by atoms with Crippen LogP contribution in [0, 0.1) is 17.3 Å². The van der Waals surface area contributed by atoms with E-state index in [-0.39, 0.29) is 16.6 Å². The minimum Gasteiger partial charge on any atom is -0.459 e. The molecule has 4 aliphatic rings. The van der Waals surface area contributed by atoms with Crippen LogP contribution in [-0.2, 0) is 14.3 Å². The number of amides is 2. The average Bonchev–Trinajstić information content (AvgIpc) is 3.09. The molecule has 2 amide bonds. The van der Waals surface area contributed by atoms with Crippen molar-refractivity contribution in [3.05, 3.63) is 24.2 Å². The van der Waals surface area contributed by atoms with Crippen molar-refractivity contribution in [3.63, 3.8) is 0 Å². The number of esters is 1. The van der Waals surface area contributed by atoms with Gasteiger partial charge in [0.25, 0.3) is 5.91 Å². The number of rotatable bonds is 4. The number of ether oxygens (including phenoxy) is 1. The summed E-state index contributed by atoms with van der Waals surface area (Å²) in [4.78, 5) is 35.9. The predicted octanol–water partition coefficient (Wildman–Crippen LogP) is 2.16. The zero-order valence-electron chi connectivity index (χ0n) is 14.3. The molecule has 4 bridgehead atoms. The Morgan fingerprint density at radius 1 is 1.19 bits per heavy atom. The molecule has 140 valence electrons. The maximum absolute atomic E-state index is 12.7. The van der Waals surface area contributed by atoms with E-state index in [1.54, 1.807) is 6.07 Å². The van der Waals surface area contributed by atoms with Gasteiger partial charge >= 0.3 is 11.9 Å². The number of carbonyl (C=O) groups is 3. The van der Waals surface area contributed by atoms with Crippen molar-refractivity contribution in [1.82, 2.24) is 10.9 Å². The van der Waals surface area contributed by atoms with Gasteiger partial charge in [0.15, 0.2) is 12.4 Å². The molecule has 1 aromatic heterocycles. The average molecular weight is 381 g/mol. The van der Waals surface area contributed by atoms with E-state index in [1.165, 1.54) is 12.3 Å². The van der Waals surface area contributed by atoms with Gasteiger partial charge in [0, 0.05) is 4.87 Å². The number of nitrogens with one attached hydrogen (secondary N) is 2. The van der Waals surface area contributed by atoms with E-state index in [0.29, 0.717) is 18.3 Å². The van der Waals surface area contributed by atoms with Gasteiger partial charge in [-0.2, -0.15) is 0 Å². The smallest absolute Gasteiger partial charge is 0.312 e. The first kappa shape index (κ1) is 17.4. The van der Waals surface area contributed by atoms with Crippen LogP contribution in [0.4, 0.5) is 0 Å². The first-order valence-electron chi connectivity index (χ1n) is 8.86. The van der Waals surface area contributed by atoms with E-state index < -0.39 is 23.8 Å². The highest BCUT2D eigenvalue weighted by Crippen LogP contribution is 2.64. The van der Waals surface area contributed by atoms with Crippen molar-refractivity contribution in [2.24, 2.45) is 17.3 Å². The highest BCUT2D eigenvalue weighted by Gasteiger charge is 2.60. The predicted molar refractivity (Wildman–Crippen MR) is 91.0 cm³/mol. The zero-order chi connectivity index (χ0) is 18.4. The lowest BCUT2D eigenvalue weighted by Gasteiger charge is -2.58. The lowest BCUT2D eigenvalue weighted by Crippen LogP contribution is -2.56. The Bertz CT molecular complexity index is 718. The van der Waals surface area contributed by atoms with Crippen LogP contribution in [-0.4, -0.2) is 29.3 Å². The number of hydrogen-bond acceptors (Lipinski definition) is 5. The highest BCUT2D eigenvalue weighted by atomic mass is 35.5. The van der Waals surface area contributed by atoms with Gasteiger partial charge in [0.2, 0.25) is 0 Å². The molecule has 0 aliphatic heterocycles. The lowest BCUT2D eigenvalue weighted by atomic mass is 9.49. The van der Waals surface area contributed by atoms with Crippen molar-refractivity contribution in [3.8, 4) is 0 Å². The molecule has 2 N–H and O–H groups in total. The Balaban J connectivity index is 1.29. The second-order valence-electron chi connectivity index (χ2n) is 7.95. The summed E-state index contributed by atoms with van der Waals surface area (Å²) in [6.45, 7) is -0.441. The van der Waals surface area contributed by atoms with Gasteiger partial charge < -0.3 is 9.15 Å². The number of alkyl halides is 1. The van der Waals surface area contributed by atoms with Crippen molar-refractivity contribution in [2.75, 3.05) is 6.61 Å². The third-order valence-corrected chi connectivity index (χ3v) is 6.26. The molecule has 0 radical (unpaired) electrons. The van der Waals surface area contributed by atoms with E-state index in [1.807, 2.05) is 0 Å². The highest BCUT2D eigenvalue weighted by molar-refractivity contribution is 6.24. The number of hydrogen-bond donors (Lipinski definition) is 2. The third-order valence-electron chi connectivity index (χ3n) is 5.82. The van der Waals surface area contributed by atoms with Gasteiger partial charge in [-0.15, -0.1) is 11.6 Å². The third kappa shape index (κ3) is 3.20. The number of furan rings is 1. The normalized spacial score (nSPS) is 34.3. The van der Waals surface area contributed by atoms with Crippen LogP contribution < -0.4 is 10.9 Å². The van der Waals surface area contributed by atoms with Crippen LogP contribution in [0.15, 0.2) is 22.8 Å². The molecule has 0 spiro atoms. The number of halogens is 1. The quantitative estimate of drug-likeness (QED) is 0.474. The fourth-order valence-corrected chi connectivity index (χ4v) is 6.00. The molecule has 1 aromatic rings. The van der Waals surface area contributed by atoms with Crippen LogP contribution in [0.1, 0.15) is 49.1 Å². The maximum atomic E-state index is 12.7. The molecule has 2 unspecified atom stereocenters. The Kier molecular flexibility index (Phi) is 4.22. The summed E-state index contributed by atoms with van der Waals surface area (Å²) in [5.74, 6) is -0.513. The van der Waals surface area contributed by atoms with Crippen LogP contribution in [0.3, 0.4) is 0 Å². The van der Waals surface area contributed by atoms with Crippen molar-refractivity contribution in [1.29, 1.82) is 0 Å². The second kappa shape index (κ2) is 6.30. The van der Waals surface area contributed by atoms with Crippen LogP contribution >= 0.6 is 11.6 Å². The Morgan fingerprint density at radius 3 is 2.54 bits per heavy atom. The van der Waals surface area contributed by atoms with E-state index in [9.17, 15) is 14.4 Å². The molecule has 4 fully saturated rings. The van der Waals surface area contributed by atoms with Crippen LogP contribution in [0.2, 0.25) is 0 Å². The van der Waals surface area contributed by atoms with Gasteiger partial charge in [-0.25, -0.2) is 0 Å². The molecular weight excluding hydrogens is 360 g/mol. The summed E-state index contributed by atoms with van der Waals surface area (Å²) in [6.07, 6.45) is 6.67. The summed E-state index contributed by atoms with van der Waals surface area (Å²) in [7, 11) is 0. The first-order chi connectivity index (χ1) is 12.4. The molecule has 0 aromatic carbocycles. The molecule has 8 heteroatoms. The van der Waals surface area contributed by atoms with Crippen molar-refractivity contribution >= 4 is 29.4 Å². The second-order valence-corrected chi connectivity index (χ2v) is 8.75. The van der Waals surface area contributed by atoms with Gasteiger partial charge in [-0.05, 0) is 62.5 Å². The van der Waals surface area contributed by atoms with E-state index in [0.717, 1.165) is 32.1 Å². The monoisotopic (exact) mass is 380 g/mol. The molecule has 4 aliphatic carbocycles. The van der Waals surface area contributed by atoms with Crippen LogP contribution in [0.25, 0.3) is 0 Å². The van der Waals surface area contributed by atoms with Gasteiger partial charge in [-0.3, -0.25) is 25.2 Å². The molecule has 4 atom stereocenters. The summed E-state index contributed by atoms with van der Waals surface area (Å²) < 4.78 is 10.2. The molecule has 0 saturated heterocycles. The van der Waals surface area contributed by atoms with E-state index in [2.05, 4.69) is 10.9 Å². The summed E-state index contributed by atoms with van der Waals surface area (Å²) in [5, 5.41) is 0. The number of hydrazine groups is 1. The zero-order valence-corrected chi connectivity index (χ0v) is 15.0.